The van der Waals surface area contributed by atoms with E-state index in [1.165, 1.54) is 12.3 Å². The van der Waals surface area contributed by atoms with Crippen molar-refractivity contribution in [3.8, 4) is 17.2 Å². The van der Waals surface area contributed by atoms with E-state index in [1.807, 2.05) is 6.07 Å². The van der Waals surface area contributed by atoms with Gasteiger partial charge in [0, 0.05) is 6.20 Å². The highest BCUT2D eigenvalue weighted by atomic mass is 35.5. The van der Waals surface area contributed by atoms with Gasteiger partial charge >= 0.3 is 0 Å². The zero-order chi connectivity index (χ0) is 12.4. The molecule has 0 fully saturated rings. The zero-order valence-corrected chi connectivity index (χ0v) is 10.0. The third-order valence-corrected chi connectivity index (χ3v) is 3.02. The van der Waals surface area contributed by atoms with E-state index >= 15 is 0 Å². The molecule has 3 nitrogen and oxygen atoms in total. The summed E-state index contributed by atoms with van der Waals surface area (Å²) in [6.45, 7) is 0. The quantitative estimate of drug-likeness (QED) is 0.860. The molecule has 0 aliphatic carbocycles. The van der Waals surface area contributed by atoms with Crippen LogP contribution in [0.1, 0.15) is 5.56 Å². The van der Waals surface area contributed by atoms with Gasteiger partial charge in [-0.05, 0) is 29.3 Å². The van der Waals surface area contributed by atoms with Gasteiger partial charge in [-0.3, -0.25) is 4.79 Å². The Balaban J connectivity index is 2.58. The predicted octanol–water partition coefficient (Wildman–Crippen LogP) is 3.22. The Bertz CT molecular complexity index is 671. The number of H-pyrrole nitrogens is 1. The minimum atomic E-state index is -0.406. The second-order valence-electron chi connectivity index (χ2n) is 3.37. The summed E-state index contributed by atoms with van der Waals surface area (Å²) in [5.74, 6) is 0. The molecule has 2 rings (SSSR count). The number of aromatic amines is 1. The number of hydrogen-bond donors (Lipinski definition) is 1. The zero-order valence-electron chi connectivity index (χ0n) is 8.50. The van der Waals surface area contributed by atoms with Gasteiger partial charge in [-0.25, -0.2) is 0 Å². The van der Waals surface area contributed by atoms with Crippen molar-refractivity contribution >= 4 is 23.2 Å². The molecule has 0 spiro atoms. The lowest BCUT2D eigenvalue weighted by atomic mass is 10.1. The molecule has 1 N–H and O–H groups in total. The van der Waals surface area contributed by atoms with Crippen molar-refractivity contribution in [3.63, 3.8) is 0 Å². The fraction of sp³-hybridized carbons (Fsp3) is 0. The maximum absolute atomic E-state index is 11.2. The number of hydrogen-bond acceptors (Lipinski definition) is 2. The molecule has 0 radical (unpaired) electrons. The Morgan fingerprint density at radius 2 is 1.88 bits per heavy atom. The van der Waals surface area contributed by atoms with Crippen LogP contribution in [-0.4, -0.2) is 4.98 Å². The van der Waals surface area contributed by atoms with Gasteiger partial charge in [0.05, 0.1) is 10.0 Å². The largest absolute Gasteiger partial charge is 0.327 e. The summed E-state index contributed by atoms with van der Waals surface area (Å²) in [5, 5.41) is 9.65. The number of rotatable bonds is 1. The smallest absolute Gasteiger partial charge is 0.265 e. The van der Waals surface area contributed by atoms with Gasteiger partial charge in [-0.2, -0.15) is 5.26 Å². The van der Waals surface area contributed by atoms with E-state index in [4.69, 9.17) is 28.5 Å². The van der Waals surface area contributed by atoms with E-state index in [0.717, 1.165) is 5.56 Å². The van der Waals surface area contributed by atoms with Gasteiger partial charge in [0.15, 0.2) is 0 Å². The fourth-order valence-corrected chi connectivity index (χ4v) is 1.71. The number of benzene rings is 1. The van der Waals surface area contributed by atoms with Crippen molar-refractivity contribution in [2.75, 3.05) is 0 Å². The van der Waals surface area contributed by atoms with Crippen molar-refractivity contribution in [1.82, 2.24) is 4.98 Å². The number of nitrogens with one attached hydrogen (secondary N) is 1. The van der Waals surface area contributed by atoms with Crippen molar-refractivity contribution in [1.29, 1.82) is 5.26 Å². The predicted molar refractivity (Wildman–Crippen MR) is 67.2 cm³/mol. The third kappa shape index (κ3) is 2.33. The number of nitriles is 1. The van der Waals surface area contributed by atoms with Crippen LogP contribution in [0.4, 0.5) is 0 Å². The second-order valence-corrected chi connectivity index (χ2v) is 4.19. The van der Waals surface area contributed by atoms with Crippen LogP contribution in [0.3, 0.4) is 0 Å². The average molecular weight is 265 g/mol. The van der Waals surface area contributed by atoms with Crippen LogP contribution < -0.4 is 5.56 Å². The Kier molecular flexibility index (Phi) is 3.19. The van der Waals surface area contributed by atoms with Gasteiger partial charge in [0.2, 0.25) is 0 Å². The van der Waals surface area contributed by atoms with E-state index < -0.39 is 5.56 Å². The Labute approximate surface area is 107 Å². The van der Waals surface area contributed by atoms with Crippen molar-refractivity contribution in [2.24, 2.45) is 0 Å². The molecule has 5 heteroatoms. The van der Waals surface area contributed by atoms with Crippen LogP contribution >= 0.6 is 23.2 Å². The van der Waals surface area contributed by atoms with Crippen LogP contribution in [0, 0.1) is 11.3 Å². The summed E-state index contributed by atoms with van der Waals surface area (Å²) in [5.41, 5.74) is 1.15. The first kappa shape index (κ1) is 11.7. The summed E-state index contributed by atoms with van der Waals surface area (Å²) in [6, 6.07) is 8.45. The third-order valence-electron chi connectivity index (χ3n) is 2.28. The highest BCUT2D eigenvalue weighted by Gasteiger charge is 2.05. The molecule has 1 heterocycles. The summed E-state index contributed by atoms with van der Waals surface area (Å²) in [4.78, 5) is 13.7. The van der Waals surface area contributed by atoms with Gasteiger partial charge in [0.25, 0.3) is 5.56 Å². The first-order valence-corrected chi connectivity index (χ1v) is 5.45. The molecule has 0 bridgehead atoms. The maximum atomic E-state index is 11.2. The topological polar surface area (TPSA) is 56.6 Å². The highest BCUT2D eigenvalue weighted by Crippen LogP contribution is 2.27. The summed E-state index contributed by atoms with van der Waals surface area (Å²) in [6.07, 6.45) is 1.53. The molecule has 0 amide bonds. The monoisotopic (exact) mass is 264 g/mol. The number of nitrogens with zero attached hydrogens (tertiary/aromatic N) is 1. The van der Waals surface area contributed by atoms with Gasteiger partial charge in [-0.1, -0.05) is 29.3 Å². The molecule has 84 valence electrons. The minimum absolute atomic E-state index is 0.0635. The molecule has 0 aliphatic heterocycles. The van der Waals surface area contributed by atoms with E-state index in [1.54, 1.807) is 18.2 Å². The molecule has 0 aliphatic rings. The normalized spacial score (nSPS) is 9.94. The molecule has 0 saturated carbocycles. The summed E-state index contributed by atoms with van der Waals surface area (Å²) >= 11 is 11.7. The standard InChI is InChI=1S/C12H6Cl2N2O/c13-10-2-1-7(4-11(10)14)9-3-8(5-15)12(17)16-6-9/h1-4,6H,(H,16,17). The first-order valence-electron chi connectivity index (χ1n) is 4.70. The van der Waals surface area contributed by atoms with Crippen LogP contribution in [-0.2, 0) is 0 Å². The van der Waals surface area contributed by atoms with Crippen LogP contribution in [0.15, 0.2) is 35.3 Å². The second kappa shape index (κ2) is 4.62. The Morgan fingerprint density at radius 1 is 1.12 bits per heavy atom. The minimum Gasteiger partial charge on any atom is -0.327 e. The van der Waals surface area contributed by atoms with Gasteiger partial charge in [0.1, 0.15) is 11.6 Å². The van der Waals surface area contributed by atoms with E-state index in [9.17, 15) is 4.79 Å². The van der Waals surface area contributed by atoms with Gasteiger partial charge < -0.3 is 4.98 Å². The van der Waals surface area contributed by atoms with E-state index in [0.29, 0.717) is 15.6 Å². The van der Waals surface area contributed by atoms with Crippen molar-refractivity contribution in [2.45, 2.75) is 0 Å². The van der Waals surface area contributed by atoms with Crippen LogP contribution in [0.25, 0.3) is 11.1 Å². The molecule has 0 atom stereocenters. The molecule has 0 unspecified atom stereocenters. The maximum Gasteiger partial charge on any atom is 0.265 e. The van der Waals surface area contributed by atoms with Crippen LogP contribution in [0.5, 0.6) is 0 Å². The molecule has 1 aromatic carbocycles. The van der Waals surface area contributed by atoms with E-state index in [-0.39, 0.29) is 5.56 Å². The summed E-state index contributed by atoms with van der Waals surface area (Å²) in [7, 11) is 0. The molecule has 2 aromatic rings. The molecule has 17 heavy (non-hydrogen) atoms. The van der Waals surface area contributed by atoms with Crippen LogP contribution in [0.2, 0.25) is 10.0 Å². The lowest BCUT2D eigenvalue weighted by Crippen LogP contribution is -2.08. The molecular formula is C12H6Cl2N2O. The number of aromatic nitrogens is 1. The first-order chi connectivity index (χ1) is 8.11. The Hall–Kier alpha value is -1.76. The average Bonchev–Trinajstić information content (AvgIpc) is 2.33. The van der Waals surface area contributed by atoms with Crippen molar-refractivity contribution < 1.29 is 0 Å². The molecule has 0 saturated heterocycles. The van der Waals surface area contributed by atoms with Crippen molar-refractivity contribution in [3.05, 3.63) is 56.4 Å². The highest BCUT2D eigenvalue weighted by molar-refractivity contribution is 6.42. The Morgan fingerprint density at radius 3 is 2.53 bits per heavy atom. The van der Waals surface area contributed by atoms with E-state index in [2.05, 4.69) is 4.98 Å². The number of pyridine rings is 1. The van der Waals surface area contributed by atoms with Gasteiger partial charge in [-0.15, -0.1) is 0 Å². The summed E-state index contributed by atoms with van der Waals surface area (Å²) < 4.78 is 0. The molecule has 1 aromatic heterocycles. The fourth-order valence-electron chi connectivity index (χ4n) is 1.41. The number of halogens is 2. The lowest BCUT2D eigenvalue weighted by molar-refractivity contribution is 1.22. The lowest BCUT2D eigenvalue weighted by Gasteiger charge is -2.03. The molecular weight excluding hydrogens is 259 g/mol. The SMILES string of the molecule is N#Cc1cc(-c2ccc(Cl)c(Cl)c2)c[nH]c1=O.